The van der Waals surface area contributed by atoms with Gasteiger partial charge >= 0.3 is 5.97 Å². The maximum absolute atomic E-state index is 13.1. The fourth-order valence-electron chi connectivity index (χ4n) is 2.29. The number of carboxylic acid groups (broad SMARTS) is 1. The number of halogens is 1. The Bertz CT molecular complexity index is 875. The molecular weight excluding hydrogens is 311 g/mol. The molecule has 0 saturated heterocycles. The van der Waals surface area contributed by atoms with Gasteiger partial charge in [-0.3, -0.25) is 4.57 Å². The Balaban J connectivity index is 2.08. The summed E-state index contributed by atoms with van der Waals surface area (Å²) in [7, 11) is 0. The highest BCUT2D eigenvalue weighted by molar-refractivity contribution is 5.85. The van der Waals surface area contributed by atoms with Crippen LogP contribution < -0.4 is 0 Å². The monoisotopic (exact) mass is 326 g/mol. The average Bonchev–Trinajstić information content (AvgIpc) is 3.06. The van der Waals surface area contributed by atoms with Crippen LogP contribution in [-0.2, 0) is 6.42 Å². The molecule has 0 aliphatic heterocycles. The van der Waals surface area contributed by atoms with Gasteiger partial charge in [0.2, 0.25) is 0 Å². The summed E-state index contributed by atoms with van der Waals surface area (Å²) < 4.78 is 14.7. The lowest BCUT2D eigenvalue weighted by molar-refractivity contribution is 0.0691. The van der Waals surface area contributed by atoms with E-state index in [4.69, 9.17) is 5.11 Å². The van der Waals surface area contributed by atoms with E-state index in [0.717, 1.165) is 18.5 Å². The van der Waals surface area contributed by atoms with E-state index in [1.165, 1.54) is 29.2 Å². The Morgan fingerprint density at radius 2 is 2.00 bits per heavy atom. The van der Waals surface area contributed by atoms with Crippen molar-refractivity contribution in [3.63, 3.8) is 0 Å². The number of hydrogen-bond acceptors (Lipinski definition) is 4. The van der Waals surface area contributed by atoms with Crippen LogP contribution >= 0.6 is 0 Å². The molecule has 0 bridgehead atoms. The lowest BCUT2D eigenvalue weighted by Crippen LogP contribution is -2.03. The molecule has 0 radical (unpaired) electrons. The van der Waals surface area contributed by atoms with Crippen molar-refractivity contribution in [2.45, 2.75) is 19.8 Å². The molecule has 2 heterocycles. The summed E-state index contributed by atoms with van der Waals surface area (Å²) in [5.41, 5.74) is 1.45. The maximum Gasteiger partial charge on any atom is 0.356 e. The van der Waals surface area contributed by atoms with Crippen molar-refractivity contribution in [3.8, 4) is 17.2 Å². The molecule has 1 aromatic carbocycles. The first kappa shape index (κ1) is 15.8. The van der Waals surface area contributed by atoms with Crippen molar-refractivity contribution in [3.05, 3.63) is 60.1 Å². The van der Waals surface area contributed by atoms with Gasteiger partial charge in [0.25, 0.3) is 0 Å². The van der Waals surface area contributed by atoms with Crippen LogP contribution in [-0.4, -0.2) is 30.6 Å². The lowest BCUT2D eigenvalue weighted by atomic mass is 10.2. The zero-order chi connectivity index (χ0) is 17.1. The van der Waals surface area contributed by atoms with Crippen molar-refractivity contribution in [2.75, 3.05) is 0 Å². The molecule has 0 amide bonds. The standard InChI is InChI=1S/C17H15FN4O2/c1-2-3-13-8-15(22-9-14(17(23)24)19-10-22)21-16(20-13)11-4-6-12(18)7-5-11/h4-10H,2-3H2,1H3,(H,23,24). The van der Waals surface area contributed by atoms with Gasteiger partial charge in [-0.1, -0.05) is 13.3 Å². The second-order valence-corrected chi connectivity index (χ2v) is 5.27. The molecule has 2 aromatic heterocycles. The smallest absolute Gasteiger partial charge is 0.356 e. The molecule has 122 valence electrons. The van der Waals surface area contributed by atoms with E-state index in [1.54, 1.807) is 18.2 Å². The minimum Gasteiger partial charge on any atom is -0.476 e. The highest BCUT2D eigenvalue weighted by Gasteiger charge is 2.12. The van der Waals surface area contributed by atoms with E-state index in [2.05, 4.69) is 15.0 Å². The van der Waals surface area contributed by atoms with Gasteiger partial charge in [-0.2, -0.15) is 0 Å². The first-order chi connectivity index (χ1) is 11.6. The predicted molar refractivity (Wildman–Crippen MR) is 85.5 cm³/mol. The largest absolute Gasteiger partial charge is 0.476 e. The molecular formula is C17H15FN4O2. The molecule has 0 spiro atoms. The van der Waals surface area contributed by atoms with Crippen molar-refractivity contribution < 1.29 is 14.3 Å². The Morgan fingerprint density at radius 3 is 2.62 bits per heavy atom. The van der Waals surface area contributed by atoms with E-state index in [9.17, 15) is 9.18 Å². The molecule has 0 fully saturated rings. The Labute approximate surface area is 137 Å². The molecule has 0 atom stereocenters. The summed E-state index contributed by atoms with van der Waals surface area (Å²) in [5, 5.41) is 9.00. The Kier molecular flexibility index (Phi) is 4.33. The molecule has 0 aliphatic carbocycles. The summed E-state index contributed by atoms with van der Waals surface area (Å²) in [6.45, 7) is 2.04. The summed E-state index contributed by atoms with van der Waals surface area (Å²) in [5.74, 6) is -0.450. The van der Waals surface area contributed by atoms with Crippen molar-refractivity contribution in [2.24, 2.45) is 0 Å². The number of aryl methyl sites for hydroxylation is 1. The predicted octanol–water partition coefficient (Wildman–Crippen LogP) is 3.12. The van der Waals surface area contributed by atoms with Crippen LogP contribution in [0.2, 0.25) is 0 Å². The van der Waals surface area contributed by atoms with E-state index < -0.39 is 5.97 Å². The molecule has 3 aromatic rings. The molecule has 0 aliphatic rings. The number of nitrogens with zero attached hydrogens (tertiary/aromatic N) is 4. The van der Waals surface area contributed by atoms with Crippen LogP contribution in [0.4, 0.5) is 4.39 Å². The van der Waals surface area contributed by atoms with E-state index in [1.807, 2.05) is 6.92 Å². The second kappa shape index (κ2) is 6.57. The van der Waals surface area contributed by atoms with E-state index >= 15 is 0 Å². The quantitative estimate of drug-likeness (QED) is 0.779. The van der Waals surface area contributed by atoms with Gasteiger partial charge in [0.15, 0.2) is 11.5 Å². The van der Waals surface area contributed by atoms with Crippen molar-refractivity contribution in [1.82, 2.24) is 19.5 Å². The molecule has 7 heteroatoms. The van der Waals surface area contributed by atoms with Crippen molar-refractivity contribution in [1.29, 1.82) is 0 Å². The normalized spacial score (nSPS) is 10.8. The number of carboxylic acids is 1. The highest BCUT2D eigenvalue weighted by Crippen LogP contribution is 2.19. The van der Waals surface area contributed by atoms with Crippen LogP contribution in [0.15, 0.2) is 42.9 Å². The summed E-state index contributed by atoms with van der Waals surface area (Å²) in [4.78, 5) is 23.8. The molecule has 6 nitrogen and oxygen atoms in total. The summed E-state index contributed by atoms with van der Waals surface area (Å²) in [6.07, 6.45) is 4.46. The number of hydrogen-bond donors (Lipinski definition) is 1. The zero-order valence-electron chi connectivity index (χ0n) is 13.0. The molecule has 0 saturated carbocycles. The minimum absolute atomic E-state index is 0.0611. The molecule has 1 N–H and O–H groups in total. The zero-order valence-corrected chi connectivity index (χ0v) is 13.0. The van der Waals surface area contributed by atoms with Crippen LogP contribution in [0.1, 0.15) is 29.5 Å². The number of aromatic nitrogens is 4. The Morgan fingerprint density at radius 1 is 1.25 bits per heavy atom. The first-order valence-electron chi connectivity index (χ1n) is 7.48. The van der Waals surface area contributed by atoms with Crippen LogP contribution in [0.25, 0.3) is 17.2 Å². The van der Waals surface area contributed by atoms with E-state index in [-0.39, 0.29) is 11.5 Å². The molecule has 0 unspecified atom stereocenters. The third-order valence-electron chi connectivity index (χ3n) is 3.44. The molecule has 24 heavy (non-hydrogen) atoms. The number of benzene rings is 1. The van der Waals surface area contributed by atoms with Gasteiger partial charge in [0, 0.05) is 23.5 Å². The fourth-order valence-corrected chi connectivity index (χ4v) is 2.29. The Hall–Kier alpha value is -3.09. The minimum atomic E-state index is -1.10. The topological polar surface area (TPSA) is 80.9 Å². The summed E-state index contributed by atoms with van der Waals surface area (Å²) in [6, 6.07) is 7.72. The van der Waals surface area contributed by atoms with Gasteiger partial charge in [-0.15, -0.1) is 0 Å². The van der Waals surface area contributed by atoms with Crippen LogP contribution in [0, 0.1) is 5.82 Å². The number of rotatable bonds is 5. The summed E-state index contributed by atoms with van der Waals surface area (Å²) >= 11 is 0. The first-order valence-corrected chi connectivity index (χ1v) is 7.48. The number of carbonyl (C=O) groups is 1. The van der Waals surface area contributed by atoms with Gasteiger partial charge in [-0.05, 0) is 30.7 Å². The third kappa shape index (κ3) is 3.29. The van der Waals surface area contributed by atoms with Crippen molar-refractivity contribution >= 4 is 5.97 Å². The highest BCUT2D eigenvalue weighted by atomic mass is 19.1. The van der Waals surface area contributed by atoms with E-state index in [0.29, 0.717) is 17.2 Å². The molecule has 3 rings (SSSR count). The fraction of sp³-hybridized carbons (Fsp3) is 0.176. The number of imidazole rings is 1. The number of aromatic carboxylic acids is 1. The van der Waals surface area contributed by atoms with Gasteiger partial charge < -0.3 is 5.11 Å². The van der Waals surface area contributed by atoms with Crippen LogP contribution in [0.5, 0.6) is 0 Å². The lowest BCUT2D eigenvalue weighted by Gasteiger charge is -2.08. The van der Waals surface area contributed by atoms with Crippen LogP contribution in [0.3, 0.4) is 0 Å². The SMILES string of the molecule is CCCc1cc(-n2cnc(C(=O)O)c2)nc(-c2ccc(F)cc2)n1. The van der Waals surface area contributed by atoms with Gasteiger partial charge in [0.1, 0.15) is 18.0 Å². The average molecular weight is 326 g/mol. The maximum atomic E-state index is 13.1. The third-order valence-corrected chi connectivity index (χ3v) is 3.44. The van der Waals surface area contributed by atoms with Gasteiger partial charge in [0.05, 0.1) is 0 Å². The van der Waals surface area contributed by atoms with Gasteiger partial charge in [-0.25, -0.2) is 24.1 Å². The second-order valence-electron chi connectivity index (χ2n) is 5.27.